The first-order valence-corrected chi connectivity index (χ1v) is 7.05. The summed E-state index contributed by atoms with van der Waals surface area (Å²) in [7, 11) is -3.83. The van der Waals surface area contributed by atoms with Crippen molar-refractivity contribution in [2.45, 2.75) is 18.7 Å². The van der Waals surface area contributed by atoms with Crippen LogP contribution < -0.4 is 21.9 Å². The molecule has 1 aromatic carbocycles. The average Bonchev–Trinajstić information content (AvgIpc) is 2.24. The van der Waals surface area contributed by atoms with E-state index in [1.165, 1.54) is 18.2 Å². The van der Waals surface area contributed by atoms with Crippen molar-refractivity contribution in [3.8, 4) is 0 Å². The van der Waals surface area contributed by atoms with Crippen molar-refractivity contribution in [1.82, 2.24) is 0 Å². The second kappa shape index (κ2) is 5.06. The van der Waals surface area contributed by atoms with E-state index in [-0.39, 0.29) is 10.6 Å². The first kappa shape index (κ1) is 15.3. The second-order valence-electron chi connectivity index (χ2n) is 4.90. The van der Waals surface area contributed by atoms with Gasteiger partial charge >= 0.3 is 0 Å². The number of benzene rings is 1. The number of primary sulfonamides is 1. The van der Waals surface area contributed by atoms with E-state index in [0.29, 0.717) is 12.2 Å². The third-order valence-electron chi connectivity index (χ3n) is 2.72. The highest BCUT2D eigenvalue weighted by Gasteiger charge is 2.24. The summed E-state index contributed by atoms with van der Waals surface area (Å²) in [5.74, 6) is -0.436. The van der Waals surface area contributed by atoms with Crippen molar-refractivity contribution in [2.75, 3.05) is 17.6 Å². The van der Waals surface area contributed by atoms with Gasteiger partial charge in [-0.1, -0.05) is 0 Å². The van der Waals surface area contributed by atoms with Gasteiger partial charge in [-0.15, -0.1) is 0 Å². The van der Waals surface area contributed by atoms with Crippen LogP contribution in [0.5, 0.6) is 0 Å². The topological polar surface area (TPSA) is 141 Å². The van der Waals surface area contributed by atoms with Gasteiger partial charge in [-0.2, -0.15) is 0 Å². The van der Waals surface area contributed by atoms with Crippen LogP contribution in [-0.2, 0) is 14.8 Å². The Labute approximate surface area is 112 Å². The molecule has 7 N–H and O–H groups in total. The van der Waals surface area contributed by atoms with E-state index in [1.54, 1.807) is 13.8 Å². The lowest BCUT2D eigenvalue weighted by Gasteiger charge is -2.21. The molecule has 1 rings (SSSR count). The summed E-state index contributed by atoms with van der Waals surface area (Å²) in [6.45, 7) is 3.70. The number of carbonyl (C=O) groups excluding carboxylic acids is 1. The molecule has 0 aliphatic heterocycles. The third-order valence-corrected chi connectivity index (χ3v) is 3.70. The van der Waals surface area contributed by atoms with Crippen LogP contribution in [0.3, 0.4) is 0 Å². The summed E-state index contributed by atoms with van der Waals surface area (Å²) in [5, 5.41) is 7.97. The molecule has 0 aliphatic rings. The van der Waals surface area contributed by atoms with Gasteiger partial charge < -0.3 is 16.8 Å². The largest absolute Gasteiger partial charge is 0.398 e. The van der Waals surface area contributed by atoms with Crippen molar-refractivity contribution < 1.29 is 13.2 Å². The number of sulfonamides is 1. The molecular formula is C11H18N4O3S. The van der Waals surface area contributed by atoms with Crippen molar-refractivity contribution in [1.29, 1.82) is 0 Å². The fraction of sp³-hybridized carbons (Fsp3) is 0.364. The lowest BCUT2D eigenvalue weighted by molar-refractivity contribution is -0.125. The molecule has 106 valence electrons. The summed E-state index contributed by atoms with van der Waals surface area (Å²) in [6, 6.07) is 4.27. The van der Waals surface area contributed by atoms with E-state index in [9.17, 15) is 13.2 Å². The number of hydrogen-bond donors (Lipinski definition) is 4. The Bertz CT molecular complexity index is 596. The number of nitrogens with two attached hydrogens (primary N) is 3. The van der Waals surface area contributed by atoms with E-state index >= 15 is 0 Å². The van der Waals surface area contributed by atoms with E-state index in [4.69, 9.17) is 16.6 Å². The zero-order valence-corrected chi connectivity index (χ0v) is 11.6. The molecule has 0 bridgehead atoms. The second-order valence-corrected chi connectivity index (χ2v) is 6.43. The molecule has 0 saturated heterocycles. The summed E-state index contributed by atoms with van der Waals surface area (Å²) in [5.41, 5.74) is 10.8. The number of carbonyl (C=O) groups is 1. The highest BCUT2D eigenvalue weighted by atomic mass is 32.2. The smallest absolute Gasteiger partial charge is 0.240 e. The molecule has 0 heterocycles. The van der Waals surface area contributed by atoms with Crippen LogP contribution in [0.15, 0.2) is 23.1 Å². The van der Waals surface area contributed by atoms with Crippen LogP contribution in [0, 0.1) is 5.41 Å². The molecule has 0 saturated carbocycles. The Kier molecular flexibility index (Phi) is 4.06. The van der Waals surface area contributed by atoms with Crippen LogP contribution in [0.4, 0.5) is 11.4 Å². The highest BCUT2D eigenvalue weighted by molar-refractivity contribution is 7.89. The standard InChI is InChI=1S/C11H18N4O3S/c1-11(2,10(13)16)6-15-7-3-4-9(8(12)5-7)19(14,17)18/h3-5,15H,6,12H2,1-2H3,(H2,13,16)(H2,14,17,18). The van der Waals surface area contributed by atoms with Gasteiger partial charge in [-0.3, -0.25) is 4.79 Å². The number of amides is 1. The van der Waals surface area contributed by atoms with Crippen LogP contribution in [-0.4, -0.2) is 20.9 Å². The van der Waals surface area contributed by atoms with E-state index in [0.717, 1.165) is 0 Å². The highest BCUT2D eigenvalue weighted by Crippen LogP contribution is 2.23. The SMILES string of the molecule is CC(C)(CNc1ccc(S(N)(=O)=O)c(N)c1)C(N)=O. The van der Waals surface area contributed by atoms with Gasteiger partial charge in [0.25, 0.3) is 0 Å². The van der Waals surface area contributed by atoms with Gasteiger partial charge in [0.05, 0.1) is 11.1 Å². The number of nitrogens with one attached hydrogen (secondary N) is 1. The lowest BCUT2D eigenvalue weighted by atomic mass is 9.93. The molecule has 8 heteroatoms. The molecule has 0 radical (unpaired) electrons. The van der Waals surface area contributed by atoms with Gasteiger partial charge in [0.1, 0.15) is 4.90 Å². The lowest BCUT2D eigenvalue weighted by Crippen LogP contribution is -2.37. The Morgan fingerprint density at radius 2 is 1.95 bits per heavy atom. The van der Waals surface area contributed by atoms with Crippen LogP contribution in [0.2, 0.25) is 0 Å². The van der Waals surface area contributed by atoms with Crippen LogP contribution in [0.1, 0.15) is 13.8 Å². The molecule has 0 aliphatic carbocycles. The summed E-state index contributed by atoms with van der Waals surface area (Å²) < 4.78 is 22.4. The molecule has 0 aromatic heterocycles. The molecule has 7 nitrogen and oxygen atoms in total. The minimum absolute atomic E-state index is 0.0457. The molecule has 1 aromatic rings. The molecule has 0 fully saturated rings. The normalized spacial score (nSPS) is 12.2. The number of rotatable bonds is 5. The van der Waals surface area contributed by atoms with Gasteiger partial charge in [0.15, 0.2) is 0 Å². The van der Waals surface area contributed by atoms with Crippen molar-refractivity contribution >= 4 is 27.3 Å². The van der Waals surface area contributed by atoms with Crippen molar-refractivity contribution in [3.05, 3.63) is 18.2 Å². The predicted octanol–water partition coefficient (Wildman–Crippen LogP) is -0.160. The first-order valence-electron chi connectivity index (χ1n) is 5.50. The maximum atomic E-state index is 11.2. The molecule has 0 atom stereocenters. The minimum atomic E-state index is -3.83. The third kappa shape index (κ3) is 3.83. The minimum Gasteiger partial charge on any atom is -0.398 e. The summed E-state index contributed by atoms with van der Waals surface area (Å²) >= 11 is 0. The molecule has 1 amide bonds. The van der Waals surface area contributed by atoms with E-state index < -0.39 is 21.3 Å². The molecule has 0 spiro atoms. The average molecular weight is 286 g/mol. The number of nitrogen functional groups attached to an aromatic ring is 1. The van der Waals surface area contributed by atoms with Crippen LogP contribution in [0.25, 0.3) is 0 Å². The fourth-order valence-corrected chi connectivity index (χ4v) is 1.97. The molecule has 19 heavy (non-hydrogen) atoms. The fourth-order valence-electron chi connectivity index (χ4n) is 1.33. The van der Waals surface area contributed by atoms with Crippen molar-refractivity contribution in [3.63, 3.8) is 0 Å². The molecular weight excluding hydrogens is 268 g/mol. The van der Waals surface area contributed by atoms with Gasteiger partial charge in [-0.25, -0.2) is 13.6 Å². The van der Waals surface area contributed by atoms with E-state index in [1.807, 2.05) is 0 Å². The quantitative estimate of drug-likeness (QED) is 0.556. The summed E-state index contributed by atoms with van der Waals surface area (Å²) in [4.78, 5) is 11.0. The Morgan fingerprint density at radius 1 is 1.37 bits per heavy atom. The monoisotopic (exact) mass is 286 g/mol. The van der Waals surface area contributed by atoms with Crippen molar-refractivity contribution in [2.24, 2.45) is 16.3 Å². The Balaban J connectivity index is 2.89. The number of anilines is 2. The maximum Gasteiger partial charge on any atom is 0.240 e. The Hall–Kier alpha value is -1.80. The zero-order chi connectivity index (χ0) is 14.8. The first-order chi connectivity index (χ1) is 8.54. The Morgan fingerprint density at radius 3 is 2.37 bits per heavy atom. The number of hydrogen-bond acceptors (Lipinski definition) is 5. The van der Waals surface area contributed by atoms with Gasteiger partial charge in [-0.05, 0) is 32.0 Å². The van der Waals surface area contributed by atoms with Crippen LogP contribution >= 0.6 is 0 Å². The predicted molar refractivity (Wildman–Crippen MR) is 73.7 cm³/mol. The van der Waals surface area contributed by atoms with Gasteiger partial charge in [0, 0.05) is 12.2 Å². The van der Waals surface area contributed by atoms with E-state index in [2.05, 4.69) is 5.32 Å². The van der Waals surface area contributed by atoms with Gasteiger partial charge in [0.2, 0.25) is 15.9 Å². The maximum absolute atomic E-state index is 11.2. The summed E-state index contributed by atoms with van der Waals surface area (Å²) in [6.07, 6.45) is 0. The zero-order valence-electron chi connectivity index (χ0n) is 10.8. The number of primary amides is 1. The molecule has 0 unspecified atom stereocenters.